The summed E-state index contributed by atoms with van der Waals surface area (Å²) in [6, 6.07) is 0. The summed E-state index contributed by atoms with van der Waals surface area (Å²) in [5.74, 6) is 0. The van der Waals surface area contributed by atoms with Crippen LogP contribution in [0.2, 0.25) is 0 Å². The minimum absolute atomic E-state index is 0. The first-order chi connectivity index (χ1) is 2.00. The topological polar surface area (TPSA) is 74.6 Å². The van der Waals surface area contributed by atoms with Gasteiger partial charge in [0.1, 0.15) is 0 Å². The molecule has 48 valence electrons. The van der Waals surface area contributed by atoms with Gasteiger partial charge < -0.3 is 0 Å². The average molecular weight is 326 g/mol. The third kappa shape index (κ3) is 269. The SMILES string of the molecule is C.O=S(=O)(O)O.[BiH3]. The molecule has 0 unspecified atom stereocenters. The fourth-order valence-electron chi connectivity index (χ4n) is 0. The molecule has 0 aromatic carbocycles. The van der Waals surface area contributed by atoms with Crippen LogP contribution in [0.15, 0.2) is 0 Å². The van der Waals surface area contributed by atoms with Crippen LogP contribution in [0.3, 0.4) is 0 Å². The second-order valence-electron chi connectivity index (χ2n) is 0.448. The molecule has 0 amide bonds. The van der Waals surface area contributed by atoms with Crippen molar-refractivity contribution in [3.63, 3.8) is 0 Å². The van der Waals surface area contributed by atoms with Crippen molar-refractivity contribution in [3.05, 3.63) is 0 Å². The third-order valence-electron chi connectivity index (χ3n) is 0. The summed E-state index contributed by atoms with van der Waals surface area (Å²) in [5, 5.41) is 0. The molecule has 6 heteroatoms. The zero-order chi connectivity index (χ0) is 4.50. The second-order valence-corrected chi connectivity index (χ2v) is 1.34. The molecule has 0 aliphatic carbocycles. The Bertz CT molecular complexity index is 94.9. The Morgan fingerprint density at radius 1 is 1.14 bits per heavy atom. The summed E-state index contributed by atoms with van der Waals surface area (Å²) >= 11 is 0. The Balaban J connectivity index is -0.0000000800. The van der Waals surface area contributed by atoms with Crippen molar-refractivity contribution in [2.45, 2.75) is 7.43 Å². The first-order valence-corrected chi connectivity index (χ1v) is 2.10. The summed E-state index contributed by atoms with van der Waals surface area (Å²) in [6.45, 7) is 0. The van der Waals surface area contributed by atoms with Crippen molar-refractivity contribution in [1.82, 2.24) is 0 Å². The summed E-state index contributed by atoms with van der Waals surface area (Å²) < 4.78 is 31.6. The van der Waals surface area contributed by atoms with Crippen molar-refractivity contribution >= 4 is 36.6 Å². The maximum absolute atomic E-state index is 8.74. The van der Waals surface area contributed by atoms with E-state index in [1.54, 1.807) is 0 Å². The summed E-state index contributed by atoms with van der Waals surface area (Å²) in [6.07, 6.45) is 0. The second kappa shape index (κ2) is 4.90. The van der Waals surface area contributed by atoms with Crippen LogP contribution in [-0.2, 0) is 10.4 Å². The van der Waals surface area contributed by atoms with Crippen molar-refractivity contribution < 1.29 is 17.5 Å². The van der Waals surface area contributed by atoms with E-state index < -0.39 is 10.4 Å². The van der Waals surface area contributed by atoms with Crippen LogP contribution in [0.4, 0.5) is 0 Å². The van der Waals surface area contributed by atoms with E-state index in [0.29, 0.717) is 0 Å². The van der Waals surface area contributed by atoms with Crippen molar-refractivity contribution in [3.8, 4) is 0 Å². The van der Waals surface area contributed by atoms with Gasteiger partial charge in [-0.1, -0.05) is 7.43 Å². The van der Waals surface area contributed by atoms with Crippen LogP contribution in [0.5, 0.6) is 0 Å². The van der Waals surface area contributed by atoms with Gasteiger partial charge in [0.2, 0.25) is 0 Å². The van der Waals surface area contributed by atoms with E-state index in [1.807, 2.05) is 0 Å². The van der Waals surface area contributed by atoms with Gasteiger partial charge in [0.15, 0.2) is 0 Å². The van der Waals surface area contributed by atoms with Crippen molar-refractivity contribution in [2.75, 3.05) is 0 Å². The Hall–Kier alpha value is 0.753. The molecule has 0 spiro atoms. The molecule has 0 fully saturated rings. The van der Waals surface area contributed by atoms with E-state index in [1.165, 1.54) is 0 Å². The monoisotopic (exact) mass is 326 g/mol. The number of hydrogen-bond donors (Lipinski definition) is 2. The quantitative estimate of drug-likeness (QED) is 0.433. The van der Waals surface area contributed by atoms with Crippen molar-refractivity contribution in [1.29, 1.82) is 0 Å². The van der Waals surface area contributed by atoms with E-state index in [9.17, 15) is 0 Å². The zero-order valence-electron chi connectivity index (χ0n) is 2.83. The fourth-order valence-corrected chi connectivity index (χ4v) is 0. The molecule has 0 aromatic rings. The molecule has 0 radical (unpaired) electrons. The fraction of sp³-hybridized carbons (Fsp3) is 1.00. The van der Waals surface area contributed by atoms with Gasteiger partial charge in [0, 0.05) is 0 Å². The van der Waals surface area contributed by atoms with Gasteiger partial charge in [-0.3, -0.25) is 9.11 Å². The molecule has 0 aromatic heterocycles. The van der Waals surface area contributed by atoms with E-state index in [4.69, 9.17) is 17.5 Å². The Kier molecular flexibility index (Phi) is 11.0. The summed E-state index contributed by atoms with van der Waals surface area (Å²) in [7, 11) is -4.67. The van der Waals surface area contributed by atoms with Gasteiger partial charge in [-0.05, 0) is 0 Å². The Morgan fingerprint density at radius 3 is 1.14 bits per heavy atom. The van der Waals surface area contributed by atoms with Crippen LogP contribution in [0, 0.1) is 0 Å². The zero-order valence-corrected chi connectivity index (χ0v) is 9.14. The average Bonchev–Trinajstić information content (AvgIpc) is 0.722. The molecule has 4 nitrogen and oxygen atoms in total. The maximum atomic E-state index is 8.74. The summed E-state index contributed by atoms with van der Waals surface area (Å²) in [5.41, 5.74) is 0. The summed E-state index contributed by atoms with van der Waals surface area (Å²) in [4.78, 5) is 0. The predicted molar refractivity (Wildman–Crippen MR) is 30.8 cm³/mol. The standard InChI is InChI=1S/CH4.Bi.H2O4S.3H/c;;1-5(2,3)4;;;/h1H4;;(H2,1,2,3,4);;;. The normalized spacial score (nSPS) is 8.29. The number of hydrogen-bond acceptors (Lipinski definition) is 2. The van der Waals surface area contributed by atoms with E-state index in [0.717, 1.165) is 0 Å². The first kappa shape index (κ1) is 15.7. The predicted octanol–water partition coefficient (Wildman–Crippen LogP) is -1.20. The molecule has 0 saturated carbocycles. The molecule has 0 atom stereocenters. The van der Waals surface area contributed by atoms with Gasteiger partial charge in [-0.2, -0.15) is 8.42 Å². The van der Waals surface area contributed by atoms with Gasteiger partial charge >= 0.3 is 36.6 Å². The molecular weight excluding hydrogens is 317 g/mol. The Morgan fingerprint density at radius 2 is 1.14 bits per heavy atom. The molecule has 0 heterocycles. The first-order valence-electron chi connectivity index (χ1n) is 0.698. The van der Waals surface area contributed by atoms with Crippen molar-refractivity contribution in [2.24, 2.45) is 0 Å². The van der Waals surface area contributed by atoms with E-state index >= 15 is 0 Å². The molecule has 0 bridgehead atoms. The molecule has 0 saturated heterocycles. The van der Waals surface area contributed by atoms with Crippen LogP contribution < -0.4 is 0 Å². The molecule has 0 rings (SSSR count). The van der Waals surface area contributed by atoms with Gasteiger partial charge in [-0.25, -0.2) is 0 Å². The minimum atomic E-state index is -4.67. The van der Waals surface area contributed by atoms with E-state index in [2.05, 4.69) is 0 Å². The van der Waals surface area contributed by atoms with Gasteiger partial charge in [-0.15, -0.1) is 0 Å². The molecule has 0 aliphatic heterocycles. The van der Waals surface area contributed by atoms with Gasteiger partial charge in [0.25, 0.3) is 0 Å². The molecule has 0 aliphatic rings. The van der Waals surface area contributed by atoms with Gasteiger partial charge in [0.05, 0.1) is 0 Å². The Labute approximate surface area is 61.6 Å². The van der Waals surface area contributed by atoms with E-state index in [-0.39, 0.29) is 33.6 Å². The molecular formula is CH9BiO4S. The molecule has 7 heavy (non-hydrogen) atoms. The van der Waals surface area contributed by atoms with Crippen LogP contribution in [-0.4, -0.2) is 43.7 Å². The third-order valence-corrected chi connectivity index (χ3v) is 0. The van der Waals surface area contributed by atoms with Crippen LogP contribution in [0.25, 0.3) is 0 Å². The van der Waals surface area contributed by atoms with Crippen LogP contribution >= 0.6 is 0 Å². The van der Waals surface area contributed by atoms with Crippen LogP contribution in [0.1, 0.15) is 7.43 Å². The number of rotatable bonds is 0. The molecule has 2 N–H and O–H groups in total.